The van der Waals surface area contributed by atoms with Gasteiger partial charge in [-0.1, -0.05) is 30.0 Å². The quantitative estimate of drug-likeness (QED) is 0.748. The Bertz CT molecular complexity index is 746. The van der Waals surface area contributed by atoms with Crippen LogP contribution in [0.1, 0.15) is 5.56 Å². The van der Waals surface area contributed by atoms with Crippen molar-refractivity contribution in [1.82, 2.24) is 10.3 Å². The van der Waals surface area contributed by atoms with E-state index in [1.165, 1.54) is 0 Å². The molecule has 3 rings (SSSR count). The van der Waals surface area contributed by atoms with Crippen LogP contribution in [0.25, 0.3) is 0 Å². The van der Waals surface area contributed by atoms with Gasteiger partial charge in [0.1, 0.15) is 18.2 Å². The fourth-order valence-electron chi connectivity index (χ4n) is 2.46. The third-order valence-corrected chi connectivity index (χ3v) is 4.83. The summed E-state index contributed by atoms with van der Waals surface area (Å²) < 4.78 is 5.75. The lowest BCUT2D eigenvalue weighted by Crippen LogP contribution is -2.25. The number of imide groups is 1. The van der Waals surface area contributed by atoms with Crippen molar-refractivity contribution in [2.45, 2.75) is 11.7 Å². The van der Waals surface area contributed by atoms with E-state index in [1.807, 2.05) is 54.4 Å². The van der Waals surface area contributed by atoms with Crippen molar-refractivity contribution < 1.29 is 19.8 Å². The third-order valence-electron chi connectivity index (χ3n) is 3.85. The Labute approximate surface area is 168 Å². The highest BCUT2D eigenvalue weighted by Gasteiger charge is 2.31. The molecular formula is C18H22ClN3O4S. The van der Waals surface area contributed by atoms with Crippen LogP contribution in [-0.2, 0) is 11.2 Å². The van der Waals surface area contributed by atoms with Crippen LogP contribution in [0.4, 0.5) is 10.6 Å². The Morgan fingerprint density at radius 2 is 1.93 bits per heavy atom. The number of hydrogen-bond donors (Lipinski definition) is 1. The summed E-state index contributed by atoms with van der Waals surface area (Å²) in [6.45, 7) is 1.27. The first-order valence-corrected chi connectivity index (χ1v) is 8.85. The minimum atomic E-state index is -0.341. The monoisotopic (exact) mass is 411 g/mol. The molecular weight excluding hydrogens is 390 g/mol. The van der Waals surface area contributed by atoms with E-state index in [1.54, 1.807) is 6.20 Å². The number of nitrogens with one attached hydrogen (secondary N) is 1. The van der Waals surface area contributed by atoms with Crippen LogP contribution in [0.2, 0.25) is 0 Å². The number of likely N-dealkylation sites (N-methyl/N-ethyl adjacent to an activating group) is 1. The molecule has 146 valence electrons. The number of amides is 2. The molecule has 1 aromatic heterocycles. The average Bonchev–Trinajstić information content (AvgIpc) is 2.94. The van der Waals surface area contributed by atoms with Gasteiger partial charge in [-0.25, -0.2) is 4.98 Å². The molecule has 0 bridgehead atoms. The summed E-state index contributed by atoms with van der Waals surface area (Å²) in [7, 11) is 1.97. The molecule has 0 saturated carbocycles. The largest absolute Gasteiger partial charge is 0.492 e. The predicted octanol–water partition coefficient (Wildman–Crippen LogP) is 2.09. The molecule has 1 saturated heterocycles. The molecule has 1 aromatic carbocycles. The second kappa shape index (κ2) is 10.8. The number of halogens is 1. The second-order valence-electron chi connectivity index (χ2n) is 5.69. The maximum absolute atomic E-state index is 11.6. The number of pyridine rings is 1. The van der Waals surface area contributed by atoms with Crippen LogP contribution in [0.3, 0.4) is 0 Å². The predicted molar refractivity (Wildman–Crippen MR) is 109 cm³/mol. The number of thioether (sulfide) groups is 1. The molecule has 2 amide bonds. The van der Waals surface area contributed by atoms with E-state index < -0.39 is 0 Å². The number of aromatic nitrogens is 1. The van der Waals surface area contributed by atoms with Crippen LogP contribution >= 0.6 is 24.2 Å². The summed E-state index contributed by atoms with van der Waals surface area (Å²) in [5.41, 5.74) is 1.00. The summed E-state index contributed by atoms with van der Waals surface area (Å²) in [4.78, 5) is 29.1. The zero-order valence-corrected chi connectivity index (χ0v) is 16.4. The van der Waals surface area contributed by atoms with E-state index in [2.05, 4.69) is 10.3 Å². The molecule has 0 spiro atoms. The smallest absolute Gasteiger partial charge is 0.286 e. The normalized spacial score (nSPS) is 15.4. The maximum Gasteiger partial charge on any atom is 0.286 e. The molecule has 1 unspecified atom stereocenters. The fraction of sp³-hybridized carbons (Fsp3) is 0.278. The van der Waals surface area contributed by atoms with Crippen LogP contribution in [0.15, 0.2) is 48.7 Å². The average molecular weight is 412 g/mol. The Morgan fingerprint density at radius 1 is 1.19 bits per heavy atom. The first-order chi connectivity index (χ1) is 12.1. The molecule has 1 fully saturated rings. The summed E-state index contributed by atoms with van der Waals surface area (Å²) in [6.07, 6.45) is 2.30. The zero-order chi connectivity index (χ0) is 17.6. The molecule has 1 aliphatic heterocycles. The lowest BCUT2D eigenvalue weighted by Gasteiger charge is -2.18. The van der Waals surface area contributed by atoms with Crippen LogP contribution in [0, 0.1) is 0 Å². The number of carbonyl (C=O) groups excluding carboxylic acids is 2. The van der Waals surface area contributed by atoms with Crippen molar-refractivity contribution in [2.75, 3.05) is 25.1 Å². The van der Waals surface area contributed by atoms with E-state index in [-0.39, 0.29) is 34.3 Å². The van der Waals surface area contributed by atoms with E-state index in [4.69, 9.17) is 4.74 Å². The standard InChI is InChI=1S/C18H19N3O3S.ClH.H2O/c1-21(16-4-2-3-9-19-16)10-11-24-14-7-5-13(6-8-14)12-15-17(22)20-18(23)25-15;;/h2-9,15H,10-12H2,1H3,(H,20,22,23);1H;1H2. The van der Waals surface area contributed by atoms with Crippen LogP contribution < -0.4 is 15.0 Å². The highest BCUT2D eigenvalue weighted by atomic mass is 35.5. The van der Waals surface area contributed by atoms with Crippen molar-refractivity contribution in [3.63, 3.8) is 0 Å². The van der Waals surface area contributed by atoms with E-state index in [9.17, 15) is 9.59 Å². The maximum atomic E-state index is 11.6. The van der Waals surface area contributed by atoms with Crippen molar-refractivity contribution in [3.05, 3.63) is 54.2 Å². The lowest BCUT2D eigenvalue weighted by atomic mass is 10.1. The Hall–Kier alpha value is -2.29. The minimum absolute atomic E-state index is 0. The van der Waals surface area contributed by atoms with Gasteiger partial charge in [0, 0.05) is 13.2 Å². The topological polar surface area (TPSA) is 103 Å². The number of anilines is 1. The Morgan fingerprint density at radius 3 is 2.52 bits per heavy atom. The summed E-state index contributed by atoms with van der Waals surface area (Å²) in [5, 5.41) is 1.69. The van der Waals surface area contributed by atoms with Gasteiger partial charge in [-0.15, -0.1) is 12.4 Å². The van der Waals surface area contributed by atoms with Gasteiger partial charge in [0.05, 0.1) is 11.8 Å². The van der Waals surface area contributed by atoms with Gasteiger partial charge < -0.3 is 15.1 Å². The highest BCUT2D eigenvalue weighted by Crippen LogP contribution is 2.23. The highest BCUT2D eigenvalue weighted by molar-refractivity contribution is 8.15. The summed E-state index contributed by atoms with van der Waals surface area (Å²) in [5.74, 6) is 1.47. The van der Waals surface area contributed by atoms with E-state index >= 15 is 0 Å². The van der Waals surface area contributed by atoms with Gasteiger partial charge in [-0.3, -0.25) is 14.9 Å². The third kappa shape index (κ3) is 6.42. The summed E-state index contributed by atoms with van der Waals surface area (Å²) in [6, 6.07) is 13.4. The van der Waals surface area contributed by atoms with Gasteiger partial charge >= 0.3 is 0 Å². The molecule has 1 aliphatic rings. The van der Waals surface area contributed by atoms with Crippen molar-refractivity contribution in [2.24, 2.45) is 0 Å². The lowest BCUT2D eigenvalue weighted by molar-refractivity contribution is -0.118. The van der Waals surface area contributed by atoms with Gasteiger partial charge in [0.25, 0.3) is 5.24 Å². The first kappa shape index (κ1) is 22.8. The first-order valence-electron chi connectivity index (χ1n) is 7.97. The van der Waals surface area contributed by atoms with Gasteiger partial charge in [-0.05, 0) is 36.2 Å². The van der Waals surface area contributed by atoms with Gasteiger partial charge in [0.15, 0.2) is 0 Å². The number of hydrogen-bond acceptors (Lipinski definition) is 6. The van der Waals surface area contributed by atoms with Gasteiger partial charge in [-0.2, -0.15) is 0 Å². The molecule has 9 heteroatoms. The fourth-order valence-corrected chi connectivity index (χ4v) is 3.32. The number of ether oxygens (including phenoxy) is 1. The zero-order valence-electron chi connectivity index (χ0n) is 14.8. The Kier molecular flexibility index (Phi) is 9.07. The molecule has 7 nitrogen and oxygen atoms in total. The molecule has 2 heterocycles. The molecule has 3 N–H and O–H groups in total. The Balaban J connectivity index is 0.00000182. The molecule has 0 aliphatic carbocycles. The van der Waals surface area contributed by atoms with E-state index in [0.29, 0.717) is 13.0 Å². The number of carbonyl (C=O) groups is 2. The number of nitrogens with zero attached hydrogens (tertiary/aromatic N) is 2. The van der Waals surface area contributed by atoms with Gasteiger partial charge in [0.2, 0.25) is 5.91 Å². The molecule has 1 atom stereocenters. The van der Waals surface area contributed by atoms with E-state index in [0.717, 1.165) is 35.4 Å². The van der Waals surface area contributed by atoms with Crippen LogP contribution in [0.5, 0.6) is 5.75 Å². The van der Waals surface area contributed by atoms with Crippen molar-refractivity contribution in [3.8, 4) is 5.75 Å². The SMILES string of the molecule is CN(CCOc1ccc(CC2SC(=O)NC2=O)cc1)c1ccccn1.Cl.O. The van der Waals surface area contributed by atoms with Crippen molar-refractivity contribution >= 4 is 41.1 Å². The van der Waals surface area contributed by atoms with Crippen molar-refractivity contribution in [1.29, 1.82) is 0 Å². The molecule has 0 radical (unpaired) electrons. The second-order valence-corrected chi connectivity index (χ2v) is 6.86. The minimum Gasteiger partial charge on any atom is -0.492 e. The number of rotatable bonds is 7. The molecule has 27 heavy (non-hydrogen) atoms. The summed E-state index contributed by atoms with van der Waals surface area (Å²) >= 11 is 1.05. The molecule has 2 aromatic rings. The number of benzene rings is 1. The van der Waals surface area contributed by atoms with Crippen LogP contribution in [-0.4, -0.2) is 47.1 Å².